The summed E-state index contributed by atoms with van der Waals surface area (Å²) in [7, 11) is 0. The average Bonchev–Trinajstić information content (AvgIpc) is 2.18. The van der Waals surface area contributed by atoms with Crippen LogP contribution in [0.3, 0.4) is 0 Å². The van der Waals surface area contributed by atoms with Gasteiger partial charge in [0.25, 0.3) is 0 Å². The lowest BCUT2D eigenvalue weighted by atomic mass is 10.1. The van der Waals surface area contributed by atoms with E-state index in [9.17, 15) is 0 Å². The largest absolute Gasteiger partial charge is 0.486 e. The van der Waals surface area contributed by atoms with Gasteiger partial charge in [0.15, 0.2) is 0 Å². The van der Waals surface area contributed by atoms with Crippen LogP contribution in [0, 0.1) is 0 Å². The van der Waals surface area contributed by atoms with E-state index in [1.54, 1.807) is 18.5 Å². The first-order valence-corrected chi connectivity index (χ1v) is 5.30. The molecule has 0 unspecified atom stereocenters. The number of rotatable bonds is 4. The second kappa shape index (κ2) is 4.57. The highest BCUT2D eigenvalue weighted by molar-refractivity contribution is 7.80. The van der Waals surface area contributed by atoms with Crippen molar-refractivity contribution in [2.45, 2.75) is 32.8 Å². The molecule has 0 aromatic carbocycles. The Morgan fingerprint density at radius 3 is 2.80 bits per heavy atom. The highest BCUT2D eigenvalue weighted by Crippen LogP contribution is 2.23. The predicted octanol–water partition coefficient (Wildman–Crippen LogP) is 2.28. The molecule has 4 heteroatoms. The molecule has 0 amide bonds. The lowest BCUT2D eigenvalue weighted by Crippen LogP contribution is -2.28. The highest BCUT2D eigenvalue weighted by Gasteiger charge is 2.19. The van der Waals surface area contributed by atoms with Crippen LogP contribution < -0.4 is 10.5 Å². The zero-order chi connectivity index (χ0) is 11.5. The van der Waals surface area contributed by atoms with Gasteiger partial charge in [-0.3, -0.25) is 4.98 Å². The Kier molecular flexibility index (Phi) is 3.63. The van der Waals surface area contributed by atoms with Crippen molar-refractivity contribution in [1.82, 2.24) is 4.98 Å². The molecule has 0 aliphatic heterocycles. The van der Waals surface area contributed by atoms with Gasteiger partial charge < -0.3 is 10.5 Å². The number of hydrogen-bond acceptors (Lipinski definition) is 3. The van der Waals surface area contributed by atoms with Crippen molar-refractivity contribution in [2.75, 3.05) is 0 Å². The minimum absolute atomic E-state index is 0.234. The Hall–Kier alpha value is -1.16. The van der Waals surface area contributed by atoms with Crippen LogP contribution in [-0.4, -0.2) is 15.6 Å². The molecule has 0 saturated heterocycles. The van der Waals surface area contributed by atoms with Gasteiger partial charge in [-0.1, -0.05) is 19.1 Å². The molecule has 82 valence electrons. The molecule has 1 aromatic heterocycles. The molecule has 0 atom stereocenters. The Morgan fingerprint density at radius 1 is 1.60 bits per heavy atom. The van der Waals surface area contributed by atoms with Crippen molar-refractivity contribution in [3.05, 3.63) is 24.0 Å². The van der Waals surface area contributed by atoms with Gasteiger partial charge in [0.05, 0.1) is 11.8 Å². The summed E-state index contributed by atoms with van der Waals surface area (Å²) in [5.41, 5.74) is 6.10. The first-order chi connectivity index (χ1) is 6.96. The van der Waals surface area contributed by atoms with Crippen molar-refractivity contribution in [2.24, 2.45) is 5.73 Å². The van der Waals surface area contributed by atoms with Crippen LogP contribution >= 0.6 is 12.2 Å². The van der Waals surface area contributed by atoms with Crippen molar-refractivity contribution in [1.29, 1.82) is 0 Å². The smallest absolute Gasteiger partial charge is 0.148 e. The van der Waals surface area contributed by atoms with E-state index in [0.29, 0.717) is 10.7 Å². The van der Waals surface area contributed by atoms with Crippen LogP contribution in [0.5, 0.6) is 5.75 Å². The Bertz CT molecular complexity index is 363. The minimum Gasteiger partial charge on any atom is -0.486 e. The summed E-state index contributed by atoms with van der Waals surface area (Å²) < 4.78 is 5.81. The summed E-state index contributed by atoms with van der Waals surface area (Å²) in [5.74, 6) is 0.650. The van der Waals surface area contributed by atoms with Crippen molar-refractivity contribution in [3.8, 4) is 5.75 Å². The van der Waals surface area contributed by atoms with Crippen LogP contribution in [0.4, 0.5) is 0 Å². The molecule has 0 radical (unpaired) electrons. The molecule has 0 saturated carbocycles. The molecule has 0 spiro atoms. The summed E-state index contributed by atoms with van der Waals surface area (Å²) >= 11 is 4.94. The van der Waals surface area contributed by atoms with Crippen molar-refractivity contribution in [3.63, 3.8) is 0 Å². The zero-order valence-electron chi connectivity index (χ0n) is 9.28. The van der Waals surface area contributed by atoms with Crippen LogP contribution in [0.25, 0.3) is 0 Å². The van der Waals surface area contributed by atoms with Crippen LogP contribution in [0.2, 0.25) is 0 Å². The highest BCUT2D eigenvalue weighted by atomic mass is 32.1. The molecule has 1 heterocycles. The van der Waals surface area contributed by atoms with Gasteiger partial charge in [0.1, 0.15) is 16.3 Å². The van der Waals surface area contributed by atoms with Crippen LogP contribution in [0.15, 0.2) is 18.5 Å². The SMILES string of the molecule is CCC(C)(C)Oc1cnccc1C(N)=S. The Labute approximate surface area is 95.7 Å². The number of aromatic nitrogens is 1. The number of nitrogens with zero attached hydrogens (tertiary/aromatic N) is 1. The third kappa shape index (κ3) is 3.16. The van der Waals surface area contributed by atoms with Gasteiger partial charge in [-0.2, -0.15) is 0 Å². The molecular weight excluding hydrogens is 208 g/mol. The fourth-order valence-corrected chi connectivity index (χ4v) is 1.20. The fourth-order valence-electron chi connectivity index (χ4n) is 1.03. The van der Waals surface area contributed by atoms with Crippen molar-refractivity contribution >= 4 is 17.2 Å². The normalized spacial score (nSPS) is 11.1. The first kappa shape index (κ1) is 11.9. The fraction of sp³-hybridized carbons (Fsp3) is 0.455. The topological polar surface area (TPSA) is 48.1 Å². The second-order valence-corrected chi connectivity index (χ2v) is 4.39. The van der Waals surface area contributed by atoms with E-state index in [0.717, 1.165) is 12.0 Å². The average molecular weight is 224 g/mol. The molecule has 0 bridgehead atoms. The van der Waals surface area contributed by atoms with Gasteiger partial charge in [0.2, 0.25) is 0 Å². The number of hydrogen-bond donors (Lipinski definition) is 1. The maximum Gasteiger partial charge on any atom is 0.148 e. The molecule has 1 aromatic rings. The van der Waals surface area contributed by atoms with Gasteiger partial charge in [-0.15, -0.1) is 0 Å². The molecular formula is C11H16N2OS. The Balaban J connectivity index is 2.99. The molecule has 0 fully saturated rings. The zero-order valence-corrected chi connectivity index (χ0v) is 10.1. The van der Waals surface area contributed by atoms with Gasteiger partial charge >= 0.3 is 0 Å². The Morgan fingerprint density at radius 2 is 2.27 bits per heavy atom. The molecule has 0 aliphatic carbocycles. The summed E-state index contributed by atoms with van der Waals surface area (Å²) in [6, 6.07) is 1.77. The number of ether oxygens (including phenoxy) is 1. The van der Waals surface area contributed by atoms with E-state index >= 15 is 0 Å². The standard InChI is InChI=1S/C11H16N2OS/c1-4-11(2,3)14-9-7-13-6-5-8(9)10(12)15/h5-7H,4H2,1-3H3,(H2,12,15). The van der Waals surface area contributed by atoms with E-state index in [2.05, 4.69) is 11.9 Å². The lowest BCUT2D eigenvalue weighted by Gasteiger charge is -2.25. The lowest BCUT2D eigenvalue weighted by molar-refractivity contribution is 0.104. The summed E-state index contributed by atoms with van der Waals surface area (Å²) in [6.07, 6.45) is 4.20. The monoisotopic (exact) mass is 224 g/mol. The minimum atomic E-state index is -0.234. The molecule has 0 aliphatic rings. The van der Waals surface area contributed by atoms with E-state index in [1.807, 2.05) is 13.8 Å². The maximum absolute atomic E-state index is 5.81. The van der Waals surface area contributed by atoms with Crippen LogP contribution in [-0.2, 0) is 0 Å². The summed E-state index contributed by atoms with van der Waals surface area (Å²) in [6.45, 7) is 6.10. The van der Waals surface area contributed by atoms with Crippen molar-refractivity contribution < 1.29 is 4.74 Å². The number of pyridine rings is 1. The van der Waals surface area contributed by atoms with Gasteiger partial charge in [0, 0.05) is 6.20 Å². The molecule has 3 nitrogen and oxygen atoms in total. The van der Waals surface area contributed by atoms with Gasteiger partial charge in [-0.25, -0.2) is 0 Å². The van der Waals surface area contributed by atoms with E-state index in [1.165, 1.54) is 0 Å². The maximum atomic E-state index is 5.81. The first-order valence-electron chi connectivity index (χ1n) is 4.89. The summed E-state index contributed by atoms with van der Waals surface area (Å²) in [4.78, 5) is 4.34. The van der Waals surface area contributed by atoms with Gasteiger partial charge in [-0.05, 0) is 26.3 Å². The van der Waals surface area contributed by atoms with E-state index in [4.69, 9.17) is 22.7 Å². The van der Waals surface area contributed by atoms with E-state index < -0.39 is 0 Å². The third-order valence-corrected chi connectivity index (χ3v) is 2.51. The predicted molar refractivity (Wildman–Crippen MR) is 65.1 cm³/mol. The van der Waals surface area contributed by atoms with E-state index in [-0.39, 0.29) is 5.60 Å². The molecule has 1 rings (SSSR count). The van der Waals surface area contributed by atoms with Crippen LogP contribution in [0.1, 0.15) is 32.8 Å². The third-order valence-electron chi connectivity index (χ3n) is 2.29. The summed E-state index contributed by atoms with van der Waals surface area (Å²) in [5, 5.41) is 0. The molecule has 2 N–H and O–H groups in total. The number of nitrogens with two attached hydrogens (primary N) is 1. The second-order valence-electron chi connectivity index (χ2n) is 3.95. The quantitative estimate of drug-likeness (QED) is 0.797. The molecule has 15 heavy (non-hydrogen) atoms. The number of thiocarbonyl (C=S) groups is 1.